The molecule has 1 amide bonds. The van der Waals surface area contributed by atoms with Crippen LogP contribution in [0.2, 0.25) is 0 Å². The molecule has 33 heavy (non-hydrogen) atoms. The average Bonchev–Trinajstić information content (AvgIpc) is 2.74. The Morgan fingerprint density at radius 3 is 2.55 bits per heavy atom. The number of ether oxygens (including phenoxy) is 1. The average molecular weight is 447 g/mol. The quantitative estimate of drug-likeness (QED) is 0.425. The summed E-state index contributed by atoms with van der Waals surface area (Å²) in [5.41, 5.74) is 4.31. The number of aryl methyl sites for hydroxylation is 1. The van der Waals surface area contributed by atoms with Crippen molar-refractivity contribution >= 4 is 23.8 Å². The molecule has 0 radical (unpaired) electrons. The third-order valence-corrected chi connectivity index (χ3v) is 5.00. The van der Waals surface area contributed by atoms with E-state index in [0.717, 1.165) is 11.3 Å². The summed E-state index contributed by atoms with van der Waals surface area (Å²) in [5.74, 6) is -0.637. The smallest absolute Gasteiger partial charge is 0.338 e. The van der Waals surface area contributed by atoms with Gasteiger partial charge in [-0.05, 0) is 62.9 Å². The van der Waals surface area contributed by atoms with Gasteiger partial charge in [0.25, 0.3) is 5.91 Å². The summed E-state index contributed by atoms with van der Waals surface area (Å²) in [6.07, 6.45) is 7.28. The van der Waals surface area contributed by atoms with Crippen molar-refractivity contribution in [1.29, 1.82) is 0 Å². The van der Waals surface area contributed by atoms with E-state index in [9.17, 15) is 9.59 Å². The molecule has 0 fully saturated rings. The molecule has 3 rings (SSSR count). The first-order valence-electron chi connectivity index (χ1n) is 10.9. The number of hydrogen-bond acceptors (Lipinski definition) is 4. The number of carbonyl (C=O) groups excluding carboxylic acids is 2. The predicted molar refractivity (Wildman–Crippen MR) is 131 cm³/mol. The maximum absolute atomic E-state index is 12.8. The number of nitrogens with zero attached hydrogens (tertiary/aromatic N) is 2. The number of allylic oxidation sites excluding steroid dienone is 1. The molecule has 1 aliphatic heterocycles. The van der Waals surface area contributed by atoms with Gasteiger partial charge < -0.3 is 20.7 Å². The van der Waals surface area contributed by atoms with Gasteiger partial charge in [0.1, 0.15) is 7.05 Å². The van der Waals surface area contributed by atoms with Crippen LogP contribution in [0.15, 0.2) is 66.8 Å². The van der Waals surface area contributed by atoms with Gasteiger partial charge in [-0.2, -0.15) is 6.20 Å². The molecular weight excluding hydrogens is 416 g/mol. The number of nitrogens with one attached hydrogen (secondary N) is 2. The Kier molecular flexibility index (Phi) is 7.66. The van der Waals surface area contributed by atoms with Gasteiger partial charge in [0.2, 0.25) is 0 Å². The first kappa shape index (κ1) is 23.8. The van der Waals surface area contributed by atoms with Crippen molar-refractivity contribution in [2.75, 3.05) is 12.4 Å². The zero-order valence-corrected chi connectivity index (χ0v) is 19.6. The minimum absolute atomic E-state index is 0.0737. The Bertz CT molecular complexity index is 1130. The monoisotopic (exact) mass is 446 g/mol. The number of amides is 1. The number of rotatable bonds is 9. The lowest BCUT2D eigenvalue weighted by molar-refractivity contribution is -0.429. The van der Waals surface area contributed by atoms with Crippen LogP contribution in [0.1, 0.15) is 58.7 Å². The fourth-order valence-corrected chi connectivity index (χ4v) is 3.28. The van der Waals surface area contributed by atoms with E-state index < -0.39 is 0 Å². The Morgan fingerprint density at radius 2 is 1.88 bits per heavy atom. The molecule has 1 unspecified atom stereocenters. The summed E-state index contributed by atoms with van der Waals surface area (Å²) in [6.45, 7) is 7.38. The van der Waals surface area contributed by atoms with Crippen LogP contribution in [0.4, 0.5) is 5.69 Å². The molecule has 0 saturated carbocycles. The summed E-state index contributed by atoms with van der Waals surface area (Å²) in [7, 11) is 1.97. The number of esters is 1. The van der Waals surface area contributed by atoms with Gasteiger partial charge in [0, 0.05) is 11.3 Å². The zero-order chi connectivity index (χ0) is 24.0. The van der Waals surface area contributed by atoms with Crippen molar-refractivity contribution in [1.82, 2.24) is 5.32 Å². The third-order valence-electron chi connectivity index (χ3n) is 5.00. The Labute approximate surface area is 194 Å². The molecule has 0 aromatic heterocycles. The van der Waals surface area contributed by atoms with E-state index >= 15 is 0 Å². The summed E-state index contributed by atoms with van der Waals surface area (Å²) < 4.78 is 7.21. The third kappa shape index (κ3) is 6.55. The SMILES string of the molecule is Cc1cc(C(=O)Nc2cccc(C(C)[N-]C=CNC3=C[N+](C)=C3)c2)ccc1C(=O)OC(C)C. The molecule has 2 aromatic carbocycles. The van der Waals surface area contributed by atoms with Gasteiger partial charge in [-0.25, -0.2) is 9.37 Å². The maximum Gasteiger partial charge on any atom is 0.338 e. The number of hydrogen-bond donors (Lipinski definition) is 2. The second kappa shape index (κ2) is 10.6. The molecular formula is C26H30N4O3. The molecule has 7 heteroatoms. The van der Waals surface area contributed by atoms with E-state index in [-0.39, 0.29) is 24.0 Å². The van der Waals surface area contributed by atoms with Crippen LogP contribution in [0.5, 0.6) is 0 Å². The highest BCUT2D eigenvalue weighted by Crippen LogP contribution is 2.24. The highest BCUT2D eigenvalue weighted by molar-refractivity contribution is 6.05. The van der Waals surface area contributed by atoms with Gasteiger partial charge in [-0.1, -0.05) is 30.7 Å². The van der Waals surface area contributed by atoms with Crippen LogP contribution >= 0.6 is 0 Å². The Morgan fingerprint density at radius 1 is 1.12 bits per heavy atom. The van der Waals surface area contributed by atoms with Crippen LogP contribution in [-0.4, -0.2) is 35.8 Å². The van der Waals surface area contributed by atoms with Crippen LogP contribution in [-0.2, 0) is 4.74 Å². The molecule has 2 N–H and O–H groups in total. The van der Waals surface area contributed by atoms with Gasteiger partial charge in [0.15, 0.2) is 18.1 Å². The topological polar surface area (TPSA) is 84.5 Å². The second-order valence-electron chi connectivity index (χ2n) is 8.23. The van der Waals surface area contributed by atoms with Crippen LogP contribution in [0.3, 0.4) is 0 Å². The standard InChI is InChI=1S/C26H30N4O3/c1-17(2)33-26(32)24-10-9-21(13-18(24)3)25(31)29-22-8-6-7-20(14-22)19(4)27-11-12-28-23-15-30(5)16-23/h6-17,19H,1-5H3,(H2-,27,28,29,31,32). The maximum atomic E-state index is 12.8. The summed E-state index contributed by atoms with van der Waals surface area (Å²) in [5, 5.41) is 10.6. The van der Waals surface area contributed by atoms with Crippen LogP contribution in [0.25, 0.3) is 5.32 Å². The van der Waals surface area contributed by atoms with E-state index in [2.05, 4.69) is 16.0 Å². The van der Waals surface area contributed by atoms with Crippen molar-refractivity contribution < 1.29 is 18.9 Å². The first-order chi connectivity index (χ1) is 15.7. The molecule has 172 valence electrons. The molecule has 1 aliphatic rings. The van der Waals surface area contributed by atoms with Crippen molar-refractivity contribution in [3.8, 4) is 0 Å². The van der Waals surface area contributed by atoms with Gasteiger partial charge in [-0.3, -0.25) is 4.79 Å². The Hall–Kier alpha value is -3.87. The molecule has 2 aromatic rings. The summed E-state index contributed by atoms with van der Waals surface area (Å²) >= 11 is 0. The van der Waals surface area contributed by atoms with Crippen LogP contribution < -0.4 is 10.6 Å². The first-order valence-corrected chi connectivity index (χ1v) is 10.9. The molecule has 0 spiro atoms. The largest absolute Gasteiger partial charge is 0.683 e. The molecule has 7 nitrogen and oxygen atoms in total. The van der Waals surface area contributed by atoms with Crippen molar-refractivity contribution in [2.45, 2.75) is 39.8 Å². The minimum atomic E-state index is -0.390. The molecule has 0 aliphatic carbocycles. The number of anilines is 1. The lowest BCUT2D eigenvalue weighted by Gasteiger charge is -2.26. The fourth-order valence-electron chi connectivity index (χ4n) is 3.28. The molecule has 1 atom stereocenters. The predicted octanol–water partition coefficient (Wildman–Crippen LogP) is 4.88. The zero-order valence-electron chi connectivity index (χ0n) is 19.6. The van der Waals surface area contributed by atoms with Gasteiger partial charge in [-0.15, -0.1) is 0 Å². The minimum Gasteiger partial charge on any atom is -0.683 e. The van der Waals surface area contributed by atoms with E-state index in [1.54, 1.807) is 51.4 Å². The summed E-state index contributed by atoms with van der Waals surface area (Å²) in [4.78, 5) is 24.9. The molecule has 0 saturated heterocycles. The van der Waals surface area contributed by atoms with Gasteiger partial charge >= 0.3 is 5.97 Å². The van der Waals surface area contributed by atoms with Crippen molar-refractivity contribution in [2.24, 2.45) is 0 Å². The Balaban J connectivity index is 1.59. The highest BCUT2D eigenvalue weighted by atomic mass is 16.5. The van der Waals surface area contributed by atoms with Crippen molar-refractivity contribution in [3.63, 3.8) is 0 Å². The normalized spacial score (nSPS) is 13.6. The van der Waals surface area contributed by atoms with E-state index in [0.29, 0.717) is 22.4 Å². The van der Waals surface area contributed by atoms with Gasteiger partial charge in [0.05, 0.1) is 11.7 Å². The fraction of sp³-hybridized carbons (Fsp3) is 0.269. The number of benzene rings is 2. The number of carbonyl (C=O) groups is 2. The van der Waals surface area contributed by atoms with Crippen molar-refractivity contribution in [3.05, 3.63) is 94.3 Å². The molecule has 1 heterocycles. The lowest BCUT2D eigenvalue weighted by Crippen LogP contribution is -2.21. The van der Waals surface area contributed by atoms with Crippen LogP contribution in [0, 0.1) is 6.92 Å². The van der Waals surface area contributed by atoms with E-state index in [1.807, 2.05) is 55.2 Å². The van der Waals surface area contributed by atoms with E-state index in [4.69, 9.17) is 4.74 Å². The van der Waals surface area contributed by atoms with E-state index in [1.165, 1.54) is 0 Å². The lowest BCUT2D eigenvalue weighted by atomic mass is 10.0. The second-order valence-corrected chi connectivity index (χ2v) is 8.23. The highest BCUT2D eigenvalue weighted by Gasteiger charge is 2.15. The summed E-state index contributed by atoms with van der Waals surface area (Å²) in [6, 6.07) is 12.5. The molecule has 0 bridgehead atoms.